The molecular weight excluding hydrogens is 324 g/mol. The highest BCUT2D eigenvalue weighted by Crippen LogP contribution is 2.41. The van der Waals surface area contributed by atoms with E-state index in [0.717, 1.165) is 60.5 Å². The maximum Gasteiger partial charge on any atom is 0.170 e. The molecule has 0 radical (unpaired) electrons. The van der Waals surface area contributed by atoms with Crippen molar-refractivity contribution in [1.29, 1.82) is 0 Å². The molecule has 0 aliphatic heterocycles. The summed E-state index contributed by atoms with van der Waals surface area (Å²) in [6.07, 6.45) is 4.11. The Morgan fingerprint density at radius 3 is 2.58 bits per heavy atom. The highest BCUT2D eigenvalue weighted by Gasteiger charge is 2.18. The van der Waals surface area contributed by atoms with Crippen molar-refractivity contribution in [3.8, 4) is 22.8 Å². The lowest BCUT2D eigenvalue weighted by atomic mass is 9.98. The van der Waals surface area contributed by atoms with Crippen LogP contribution in [0, 0.1) is 0 Å². The molecule has 0 saturated carbocycles. The van der Waals surface area contributed by atoms with E-state index < -0.39 is 0 Å². The molecular formula is C22H28N2O2. The minimum Gasteiger partial charge on any atom is -0.493 e. The number of fused-ring (bicyclic) bond motifs is 1. The van der Waals surface area contributed by atoms with E-state index in [0.29, 0.717) is 0 Å². The molecule has 0 unspecified atom stereocenters. The number of methoxy groups -OCH3 is 2. The van der Waals surface area contributed by atoms with E-state index in [1.807, 2.05) is 12.1 Å². The van der Waals surface area contributed by atoms with Crippen molar-refractivity contribution >= 4 is 10.9 Å². The van der Waals surface area contributed by atoms with Crippen LogP contribution in [0.2, 0.25) is 0 Å². The number of aromatic nitrogens is 1. The van der Waals surface area contributed by atoms with Gasteiger partial charge in [-0.2, -0.15) is 0 Å². The molecule has 0 aliphatic rings. The number of ether oxygens (including phenoxy) is 2. The van der Waals surface area contributed by atoms with Crippen LogP contribution in [0.4, 0.5) is 0 Å². The largest absolute Gasteiger partial charge is 0.493 e. The second-order valence-corrected chi connectivity index (χ2v) is 6.50. The number of aryl methyl sites for hydroxylation is 2. The first kappa shape index (κ1) is 18.3. The van der Waals surface area contributed by atoms with Crippen molar-refractivity contribution in [2.75, 3.05) is 20.8 Å². The Kier molecular flexibility index (Phi) is 5.84. The predicted octanol–water partition coefficient (Wildman–Crippen LogP) is 4.70. The SMILES string of the molecule is CCc1ccc2[nH]c(-c3cccc(OC)c3OC)c(CCCCN)c2c1. The van der Waals surface area contributed by atoms with E-state index in [4.69, 9.17) is 15.2 Å². The van der Waals surface area contributed by atoms with Crippen LogP contribution in [0.15, 0.2) is 36.4 Å². The van der Waals surface area contributed by atoms with Crippen LogP contribution >= 0.6 is 0 Å². The highest BCUT2D eigenvalue weighted by molar-refractivity contribution is 5.92. The Bertz CT molecular complexity index is 883. The molecule has 1 heterocycles. The summed E-state index contributed by atoms with van der Waals surface area (Å²) in [5.41, 5.74) is 11.7. The lowest BCUT2D eigenvalue weighted by Crippen LogP contribution is -2.00. The third-order valence-electron chi connectivity index (χ3n) is 4.93. The van der Waals surface area contributed by atoms with Gasteiger partial charge < -0.3 is 20.2 Å². The Hall–Kier alpha value is -2.46. The molecule has 3 aromatic rings. The van der Waals surface area contributed by atoms with Crippen molar-refractivity contribution < 1.29 is 9.47 Å². The third-order valence-corrected chi connectivity index (χ3v) is 4.93. The molecule has 0 atom stereocenters. The van der Waals surface area contributed by atoms with Gasteiger partial charge >= 0.3 is 0 Å². The van der Waals surface area contributed by atoms with Crippen molar-refractivity contribution in [3.63, 3.8) is 0 Å². The quantitative estimate of drug-likeness (QED) is 0.578. The summed E-state index contributed by atoms with van der Waals surface area (Å²) in [6.45, 7) is 2.91. The summed E-state index contributed by atoms with van der Waals surface area (Å²) in [5, 5.41) is 1.29. The maximum atomic E-state index is 5.71. The highest BCUT2D eigenvalue weighted by atomic mass is 16.5. The summed E-state index contributed by atoms with van der Waals surface area (Å²) in [7, 11) is 3.36. The summed E-state index contributed by atoms with van der Waals surface area (Å²) in [5.74, 6) is 1.50. The van der Waals surface area contributed by atoms with Gasteiger partial charge in [0.1, 0.15) is 0 Å². The van der Waals surface area contributed by atoms with Gasteiger partial charge in [0, 0.05) is 16.5 Å². The van der Waals surface area contributed by atoms with Crippen LogP contribution in [0.5, 0.6) is 11.5 Å². The van der Waals surface area contributed by atoms with E-state index in [9.17, 15) is 0 Å². The fourth-order valence-corrected chi connectivity index (χ4v) is 3.53. The lowest BCUT2D eigenvalue weighted by molar-refractivity contribution is 0.356. The molecule has 26 heavy (non-hydrogen) atoms. The molecule has 3 N–H and O–H groups in total. The van der Waals surface area contributed by atoms with Gasteiger partial charge in [0.25, 0.3) is 0 Å². The fourth-order valence-electron chi connectivity index (χ4n) is 3.53. The smallest absolute Gasteiger partial charge is 0.170 e. The van der Waals surface area contributed by atoms with Crippen molar-refractivity contribution in [3.05, 3.63) is 47.5 Å². The van der Waals surface area contributed by atoms with Gasteiger partial charge in [-0.25, -0.2) is 0 Å². The maximum absolute atomic E-state index is 5.71. The lowest BCUT2D eigenvalue weighted by Gasteiger charge is -2.13. The molecule has 0 amide bonds. The predicted molar refractivity (Wildman–Crippen MR) is 108 cm³/mol. The van der Waals surface area contributed by atoms with Gasteiger partial charge in [0.2, 0.25) is 0 Å². The minimum atomic E-state index is 0.723. The van der Waals surface area contributed by atoms with E-state index in [-0.39, 0.29) is 0 Å². The molecule has 0 spiro atoms. The molecule has 1 aromatic heterocycles. The van der Waals surface area contributed by atoms with Crippen LogP contribution in [0.1, 0.15) is 30.9 Å². The number of hydrogen-bond acceptors (Lipinski definition) is 3. The van der Waals surface area contributed by atoms with Gasteiger partial charge in [-0.3, -0.25) is 0 Å². The average molecular weight is 352 g/mol. The molecule has 0 aliphatic carbocycles. The van der Waals surface area contributed by atoms with Crippen molar-refractivity contribution in [1.82, 2.24) is 4.98 Å². The summed E-state index contributed by atoms with van der Waals surface area (Å²) in [4.78, 5) is 3.62. The zero-order valence-electron chi connectivity index (χ0n) is 15.9. The summed E-state index contributed by atoms with van der Waals surface area (Å²) >= 11 is 0. The topological polar surface area (TPSA) is 60.3 Å². The summed E-state index contributed by atoms with van der Waals surface area (Å²) in [6, 6.07) is 12.7. The number of rotatable bonds is 8. The van der Waals surface area contributed by atoms with Gasteiger partial charge in [0.05, 0.1) is 19.9 Å². The number of nitrogens with two attached hydrogens (primary N) is 1. The fraction of sp³-hybridized carbons (Fsp3) is 0.364. The van der Waals surface area contributed by atoms with Gasteiger partial charge in [-0.15, -0.1) is 0 Å². The van der Waals surface area contributed by atoms with E-state index >= 15 is 0 Å². The van der Waals surface area contributed by atoms with E-state index in [1.54, 1.807) is 14.2 Å². The molecule has 3 rings (SSSR count). The van der Waals surface area contributed by atoms with Crippen molar-refractivity contribution in [2.24, 2.45) is 5.73 Å². The third kappa shape index (κ3) is 3.42. The standard InChI is InChI=1S/C22H28N2O2/c1-4-15-11-12-19-18(14-15)16(8-5-6-13-23)21(24-19)17-9-7-10-20(25-2)22(17)26-3/h7,9-12,14,24H,4-6,8,13,23H2,1-3H3. The van der Waals surface area contributed by atoms with Gasteiger partial charge in [-0.1, -0.05) is 19.1 Å². The zero-order valence-corrected chi connectivity index (χ0v) is 15.9. The van der Waals surface area contributed by atoms with Crippen LogP contribution in [-0.2, 0) is 12.8 Å². The second kappa shape index (κ2) is 8.28. The molecule has 2 aromatic carbocycles. The van der Waals surface area contributed by atoms with Gasteiger partial charge in [0.15, 0.2) is 11.5 Å². The van der Waals surface area contributed by atoms with Crippen LogP contribution in [0.25, 0.3) is 22.2 Å². The van der Waals surface area contributed by atoms with E-state index in [2.05, 4.69) is 36.2 Å². The molecule has 4 nitrogen and oxygen atoms in total. The number of hydrogen-bond donors (Lipinski definition) is 2. The Labute approximate surface area is 155 Å². The summed E-state index contributed by atoms with van der Waals surface area (Å²) < 4.78 is 11.2. The first-order chi connectivity index (χ1) is 12.7. The molecule has 0 saturated heterocycles. The number of H-pyrrole nitrogens is 1. The first-order valence-corrected chi connectivity index (χ1v) is 9.28. The van der Waals surface area contributed by atoms with E-state index in [1.165, 1.54) is 16.5 Å². The number of para-hydroxylation sites is 1. The number of aromatic amines is 1. The molecule has 0 bridgehead atoms. The first-order valence-electron chi connectivity index (χ1n) is 9.28. The monoisotopic (exact) mass is 352 g/mol. The van der Waals surface area contributed by atoms with Crippen LogP contribution < -0.4 is 15.2 Å². The van der Waals surface area contributed by atoms with Crippen LogP contribution in [0.3, 0.4) is 0 Å². The zero-order chi connectivity index (χ0) is 18.5. The normalized spacial score (nSPS) is 11.1. The number of nitrogens with one attached hydrogen (secondary N) is 1. The van der Waals surface area contributed by atoms with Crippen LogP contribution in [-0.4, -0.2) is 25.7 Å². The van der Waals surface area contributed by atoms with Gasteiger partial charge in [-0.05, 0) is 67.6 Å². The molecule has 4 heteroatoms. The molecule has 0 fully saturated rings. The Balaban J connectivity index is 2.20. The number of benzene rings is 2. The molecule has 138 valence electrons. The van der Waals surface area contributed by atoms with Crippen molar-refractivity contribution in [2.45, 2.75) is 32.6 Å². The second-order valence-electron chi connectivity index (χ2n) is 6.50. The Morgan fingerprint density at radius 1 is 1.04 bits per heavy atom. The minimum absolute atomic E-state index is 0.723. The average Bonchev–Trinajstić information content (AvgIpc) is 3.04. The Morgan fingerprint density at radius 2 is 1.88 bits per heavy atom. The number of unbranched alkanes of at least 4 members (excludes halogenated alkanes) is 1.